The molecule has 0 atom stereocenters. The Kier molecular flexibility index (Phi) is 7.51. The zero-order valence-electron chi connectivity index (χ0n) is 13.0. The van der Waals surface area contributed by atoms with Crippen molar-refractivity contribution in [2.75, 3.05) is 13.1 Å². The lowest BCUT2D eigenvalue weighted by Crippen LogP contribution is -2.34. The minimum atomic E-state index is -0.870. The van der Waals surface area contributed by atoms with Gasteiger partial charge >= 0.3 is 5.97 Å². The van der Waals surface area contributed by atoms with Gasteiger partial charge in [0.25, 0.3) is 5.91 Å². The van der Waals surface area contributed by atoms with E-state index < -0.39 is 5.97 Å². The summed E-state index contributed by atoms with van der Waals surface area (Å²) in [5.41, 5.74) is 1.73. The van der Waals surface area contributed by atoms with E-state index in [9.17, 15) is 9.59 Å². The predicted octanol–water partition coefficient (Wildman–Crippen LogP) is 3.49. The molecule has 0 bridgehead atoms. The Hall–Kier alpha value is -1.84. The highest BCUT2D eigenvalue weighted by Crippen LogP contribution is 2.10. The van der Waals surface area contributed by atoms with Gasteiger partial charge in [-0.05, 0) is 25.5 Å². The number of hydrogen-bond acceptors (Lipinski definition) is 2. The van der Waals surface area contributed by atoms with Gasteiger partial charge in [-0.3, -0.25) is 9.59 Å². The summed E-state index contributed by atoms with van der Waals surface area (Å²) in [5.74, 6) is -0.946. The van der Waals surface area contributed by atoms with Crippen LogP contribution in [0.3, 0.4) is 0 Å². The highest BCUT2D eigenvalue weighted by molar-refractivity contribution is 5.94. The molecule has 1 amide bonds. The fourth-order valence-electron chi connectivity index (χ4n) is 2.15. The highest BCUT2D eigenvalue weighted by Gasteiger charge is 2.16. The van der Waals surface area contributed by atoms with Crippen molar-refractivity contribution in [2.45, 2.75) is 46.0 Å². The Morgan fingerprint density at radius 2 is 1.71 bits per heavy atom. The van der Waals surface area contributed by atoms with Crippen LogP contribution in [-0.2, 0) is 4.79 Å². The number of aliphatic carboxylic acids is 1. The lowest BCUT2D eigenvalue weighted by Gasteiger charge is -2.22. The molecule has 0 saturated heterocycles. The smallest absolute Gasteiger partial charge is 0.305 e. The molecule has 0 aliphatic rings. The first-order valence-corrected chi connectivity index (χ1v) is 7.62. The van der Waals surface area contributed by atoms with E-state index in [4.69, 9.17) is 5.11 Å². The number of nitrogens with zero attached hydrogens (tertiary/aromatic N) is 1. The minimum absolute atomic E-state index is 0.00855. The maximum Gasteiger partial charge on any atom is 0.305 e. The average Bonchev–Trinajstić information content (AvgIpc) is 2.46. The summed E-state index contributed by atoms with van der Waals surface area (Å²) in [6.07, 6.45) is 4.27. The van der Waals surface area contributed by atoms with E-state index in [0.717, 1.165) is 31.2 Å². The minimum Gasteiger partial charge on any atom is -0.481 e. The molecule has 116 valence electrons. The summed E-state index contributed by atoms with van der Waals surface area (Å²) in [4.78, 5) is 24.9. The van der Waals surface area contributed by atoms with Crippen LogP contribution in [0, 0.1) is 6.92 Å². The monoisotopic (exact) mass is 291 g/mol. The molecule has 1 aromatic rings. The third-order valence-corrected chi connectivity index (χ3v) is 3.46. The Morgan fingerprint density at radius 1 is 1.05 bits per heavy atom. The molecule has 1 rings (SSSR count). The number of unbranched alkanes of at least 4 members (excludes halogenated alkanes) is 3. The Bertz CT molecular complexity index is 454. The standard InChI is InChI=1S/C17H25NO3/c1-3-4-5-6-12-18(13-11-16(19)20)17(21)15-9-7-14(2)8-10-15/h7-10H,3-6,11-13H2,1-2H3,(H,19,20). The van der Waals surface area contributed by atoms with E-state index in [1.54, 1.807) is 17.0 Å². The van der Waals surface area contributed by atoms with Crippen molar-refractivity contribution in [2.24, 2.45) is 0 Å². The van der Waals surface area contributed by atoms with Crippen LogP contribution >= 0.6 is 0 Å². The first-order chi connectivity index (χ1) is 10.0. The van der Waals surface area contributed by atoms with Gasteiger partial charge in [0.05, 0.1) is 6.42 Å². The maximum absolute atomic E-state index is 12.5. The van der Waals surface area contributed by atoms with Gasteiger partial charge in [-0.15, -0.1) is 0 Å². The van der Waals surface area contributed by atoms with Crippen LogP contribution < -0.4 is 0 Å². The number of carbonyl (C=O) groups excluding carboxylic acids is 1. The fraction of sp³-hybridized carbons (Fsp3) is 0.529. The normalized spacial score (nSPS) is 10.4. The van der Waals surface area contributed by atoms with Crippen molar-refractivity contribution in [1.82, 2.24) is 4.90 Å². The van der Waals surface area contributed by atoms with Gasteiger partial charge in [-0.25, -0.2) is 0 Å². The molecule has 21 heavy (non-hydrogen) atoms. The second-order valence-electron chi connectivity index (χ2n) is 5.36. The van der Waals surface area contributed by atoms with Crippen molar-refractivity contribution in [3.63, 3.8) is 0 Å². The fourth-order valence-corrected chi connectivity index (χ4v) is 2.15. The summed E-state index contributed by atoms with van der Waals surface area (Å²) in [7, 11) is 0. The Morgan fingerprint density at radius 3 is 2.29 bits per heavy atom. The molecule has 4 nitrogen and oxygen atoms in total. The number of rotatable bonds is 9. The topological polar surface area (TPSA) is 57.6 Å². The largest absolute Gasteiger partial charge is 0.481 e. The van der Waals surface area contributed by atoms with Crippen molar-refractivity contribution >= 4 is 11.9 Å². The second-order valence-corrected chi connectivity index (χ2v) is 5.36. The molecule has 0 heterocycles. The van der Waals surface area contributed by atoms with Gasteiger partial charge in [0, 0.05) is 18.7 Å². The van der Waals surface area contributed by atoms with Gasteiger partial charge in [0.15, 0.2) is 0 Å². The number of benzene rings is 1. The van der Waals surface area contributed by atoms with Crippen LogP contribution in [0.4, 0.5) is 0 Å². The zero-order valence-corrected chi connectivity index (χ0v) is 13.0. The number of carboxylic acid groups (broad SMARTS) is 1. The van der Waals surface area contributed by atoms with Gasteiger partial charge in [0.1, 0.15) is 0 Å². The van der Waals surface area contributed by atoms with E-state index in [0.29, 0.717) is 12.1 Å². The van der Waals surface area contributed by atoms with E-state index in [1.165, 1.54) is 0 Å². The SMILES string of the molecule is CCCCCCN(CCC(=O)O)C(=O)c1ccc(C)cc1. The average molecular weight is 291 g/mol. The van der Waals surface area contributed by atoms with E-state index in [-0.39, 0.29) is 18.9 Å². The van der Waals surface area contributed by atoms with Gasteiger partial charge < -0.3 is 10.0 Å². The van der Waals surface area contributed by atoms with Crippen LogP contribution in [0.2, 0.25) is 0 Å². The molecule has 0 unspecified atom stereocenters. The van der Waals surface area contributed by atoms with Crippen LogP contribution in [0.25, 0.3) is 0 Å². The summed E-state index contributed by atoms with van der Waals surface area (Å²) < 4.78 is 0. The summed E-state index contributed by atoms with van der Waals surface area (Å²) in [6, 6.07) is 7.41. The van der Waals surface area contributed by atoms with E-state index in [1.807, 2.05) is 19.1 Å². The molecule has 1 N–H and O–H groups in total. The number of aryl methyl sites for hydroxylation is 1. The molecule has 0 fully saturated rings. The molecule has 1 aromatic carbocycles. The van der Waals surface area contributed by atoms with Crippen LogP contribution in [0.1, 0.15) is 54.9 Å². The lowest BCUT2D eigenvalue weighted by atomic mass is 10.1. The molecule has 0 radical (unpaired) electrons. The highest BCUT2D eigenvalue weighted by atomic mass is 16.4. The second kappa shape index (κ2) is 9.16. The van der Waals surface area contributed by atoms with Crippen molar-refractivity contribution in [3.05, 3.63) is 35.4 Å². The first kappa shape index (κ1) is 17.2. The Labute approximate surface area is 126 Å². The summed E-state index contributed by atoms with van der Waals surface area (Å²) in [5, 5.41) is 8.82. The van der Waals surface area contributed by atoms with Crippen LogP contribution in [-0.4, -0.2) is 35.0 Å². The van der Waals surface area contributed by atoms with Crippen molar-refractivity contribution in [3.8, 4) is 0 Å². The summed E-state index contributed by atoms with van der Waals surface area (Å²) >= 11 is 0. The maximum atomic E-state index is 12.5. The van der Waals surface area contributed by atoms with E-state index in [2.05, 4.69) is 6.92 Å². The van der Waals surface area contributed by atoms with Gasteiger partial charge in [0.2, 0.25) is 0 Å². The molecule has 0 aromatic heterocycles. The van der Waals surface area contributed by atoms with Gasteiger partial charge in [-0.2, -0.15) is 0 Å². The molecule has 0 spiro atoms. The molecular formula is C17H25NO3. The number of carbonyl (C=O) groups is 2. The van der Waals surface area contributed by atoms with Crippen molar-refractivity contribution < 1.29 is 14.7 Å². The van der Waals surface area contributed by atoms with E-state index >= 15 is 0 Å². The van der Waals surface area contributed by atoms with Crippen LogP contribution in [0.15, 0.2) is 24.3 Å². The summed E-state index contributed by atoms with van der Waals surface area (Å²) in [6.45, 7) is 5.01. The number of carboxylic acids is 1. The number of amides is 1. The predicted molar refractivity (Wildman–Crippen MR) is 83.5 cm³/mol. The quantitative estimate of drug-likeness (QED) is 0.708. The molecule has 4 heteroatoms. The molecular weight excluding hydrogens is 266 g/mol. The molecule has 0 aliphatic heterocycles. The van der Waals surface area contributed by atoms with Crippen molar-refractivity contribution in [1.29, 1.82) is 0 Å². The zero-order chi connectivity index (χ0) is 15.7. The van der Waals surface area contributed by atoms with Crippen LogP contribution in [0.5, 0.6) is 0 Å². The first-order valence-electron chi connectivity index (χ1n) is 7.62. The van der Waals surface area contributed by atoms with Gasteiger partial charge in [-0.1, -0.05) is 43.9 Å². The lowest BCUT2D eigenvalue weighted by molar-refractivity contribution is -0.137. The Balaban J connectivity index is 2.66. The molecule has 0 aliphatic carbocycles. The molecule has 0 saturated carbocycles. The third kappa shape index (κ3) is 6.43. The number of hydrogen-bond donors (Lipinski definition) is 1. The third-order valence-electron chi connectivity index (χ3n) is 3.46.